The first-order chi connectivity index (χ1) is 17.0. The maximum atomic E-state index is 13.3. The monoisotopic (exact) mass is 513 g/mol. The number of carbonyl (C=O) groups excluding carboxylic acids is 1. The summed E-state index contributed by atoms with van der Waals surface area (Å²) in [7, 11) is 1.50. The first-order valence-corrected chi connectivity index (χ1v) is 12.1. The molecule has 0 radical (unpaired) electrons. The Balaban J connectivity index is 1.54. The van der Waals surface area contributed by atoms with Crippen LogP contribution in [0.2, 0.25) is 5.02 Å². The van der Waals surface area contributed by atoms with Crippen LogP contribution >= 0.6 is 22.9 Å². The SMILES string of the molecule is CCOCCNC(=O)COc1ccc(-n2cnc3cc(-c4ccc(Cl)cc4)sc3c2=O)cc1OC. The van der Waals surface area contributed by atoms with Gasteiger partial charge in [0, 0.05) is 29.1 Å². The average molecular weight is 514 g/mol. The zero-order valence-corrected chi connectivity index (χ0v) is 20.8. The summed E-state index contributed by atoms with van der Waals surface area (Å²) >= 11 is 7.36. The number of ether oxygens (including phenoxy) is 3. The molecule has 2 aromatic carbocycles. The molecule has 8 nitrogen and oxygen atoms in total. The van der Waals surface area contributed by atoms with Gasteiger partial charge in [-0.15, -0.1) is 11.3 Å². The predicted octanol–water partition coefficient (Wildman–Crippen LogP) is 4.31. The molecule has 0 aliphatic carbocycles. The number of halogens is 1. The molecule has 0 atom stereocenters. The fraction of sp³-hybridized carbons (Fsp3) is 0.240. The second-order valence-corrected chi connectivity index (χ2v) is 8.91. The van der Waals surface area contributed by atoms with E-state index < -0.39 is 0 Å². The standard InChI is InChI=1S/C25H24ClN3O5S/c1-3-33-11-10-27-23(30)14-34-20-9-8-18(12-21(20)32-2)29-15-28-19-13-22(35-24(19)25(29)31)16-4-6-17(26)7-5-16/h4-9,12-13,15H,3,10-11,14H2,1-2H3,(H,27,30). The summed E-state index contributed by atoms with van der Waals surface area (Å²) in [6, 6.07) is 14.4. The number of thiophene rings is 1. The third-order valence-corrected chi connectivity index (χ3v) is 6.54. The minimum atomic E-state index is -0.268. The highest BCUT2D eigenvalue weighted by Crippen LogP contribution is 2.32. The number of amides is 1. The minimum absolute atomic E-state index is 0.169. The van der Waals surface area contributed by atoms with Crippen LogP contribution in [0.1, 0.15) is 6.92 Å². The number of hydrogen-bond acceptors (Lipinski definition) is 7. The number of hydrogen-bond donors (Lipinski definition) is 1. The molecule has 35 heavy (non-hydrogen) atoms. The van der Waals surface area contributed by atoms with E-state index in [4.69, 9.17) is 25.8 Å². The summed E-state index contributed by atoms with van der Waals surface area (Å²) in [5.41, 5.74) is 1.97. The van der Waals surface area contributed by atoms with Crippen molar-refractivity contribution < 1.29 is 19.0 Å². The largest absolute Gasteiger partial charge is 0.493 e. The molecule has 182 valence electrons. The quantitative estimate of drug-likeness (QED) is 0.318. The van der Waals surface area contributed by atoms with Gasteiger partial charge in [-0.2, -0.15) is 0 Å². The Morgan fingerprint density at radius 1 is 1.14 bits per heavy atom. The van der Waals surface area contributed by atoms with Crippen LogP contribution in [-0.2, 0) is 9.53 Å². The van der Waals surface area contributed by atoms with Gasteiger partial charge >= 0.3 is 0 Å². The van der Waals surface area contributed by atoms with Crippen molar-refractivity contribution in [2.24, 2.45) is 0 Å². The molecule has 0 bridgehead atoms. The van der Waals surface area contributed by atoms with Crippen molar-refractivity contribution in [2.75, 3.05) is 33.5 Å². The summed E-state index contributed by atoms with van der Waals surface area (Å²) < 4.78 is 18.2. The highest BCUT2D eigenvalue weighted by atomic mass is 35.5. The second kappa shape index (κ2) is 11.4. The van der Waals surface area contributed by atoms with Crippen molar-refractivity contribution in [3.8, 4) is 27.6 Å². The van der Waals surface area contributed by atoms with Crippen molar-refractivity contribution in [3.63, 3.8) is 0 Å². The van der Waals surface area contributed by atoms with Crippen molar-refractivity contribution in [1.29, 1.82) is 0 Å². The van der Waals surface area contributed by atoms with Crippen LogP contribution in [0, 0.1) is 0 Å². The predicted molar refractivity (Wildman–Crippen MR) is 137 cm³/mol. The Morgan fingerprint density at radius 3 is 2.69 bits per heavy atom. The average Bonchev–Trinajstić information content (AvgIpc) is 3.31. The van der Waals surface area contributed by atoms with Crippen LogP contribution in [0.25, 0.3) is 26.3 Å². The Morgan fingerprint density at radius 2 is 1.94 bits per heavy atom. The molecule has 1 N–H and O–H groups in total. The van der Waals surface area contributed by atoms with Gasteiger partial charge in [-0.05, 0) is 42.8 Å². The third kappa shape index (κ3) is 5.82. The molecule has 4 aromatic rings. The van der Waals surface area contributed by atoms with Crippen LogP contribution in [0.5, 0.6) is 11.5 Å². The van der Waals surface area contributed by atoms with Gasteiger partial charge in [-0.25, -0.2) is 4.98 Å². The Kier molecular flexibility index (Phi) is 8.02. The molecule has 1 amide bonds. The Bertz CT molecular complexity index is 1380. The summed E-state index contributed by atoms with van der Waals surface area (Å²) in [5.74, 6) is 0.514. The molecule has 2 aromatic heterocycles. The number of methoxy groups -OCH3 is 1. The van der Waals surface area contributed by atoms with Crippen LogP contribution in [0.4, 0.5) is 0 Å². The number of nitrogens with one attached hydrogen (secondary N) is 1. The van der Waals surface area contributed by atoms with Gasteiger partial charge < -0.3 is 19.5 Å². The molecule has 0 aliphatic heterocycles. The van der Waals surface area contributed by atoms with Crippen molar-refractivity contribution in [3.05, 3.63) is 70.2 Å². The molecule has 0 saturated carbocycles. The van der Waals surface area contributed by atoms with Crippen LogP contribution in [-0.4, -0.2) is 48.9 Å². The van der Waals surface area contributed by atoms with E-state index in [0.29, 0.717) is 52.2 Å². The van der Waals surface area contributed by atoms with Gasteiger partial charge in [0.1, 0.15) is 11.0 Å². The summed E-state index contributed by atoms with van der Waals surface area (Å²) in [4.78, 5) is 30.6. The third-order valence-electron chi connectivity index (χ3n) is 5.12. The van der Waals surface area contributed by atoms with Gasteiger partial charge in [0.15, 0.2) is 18.1 Å². The number of fused-ring (bicyclic) bond motifs is 1. The number of rotatable bonds is 10. The molecule has 0 unspecified atom stereocenters. The molecule has 4 rings (SSSR count). The Hall–Kier alpha value is -3.40. The lowest BCUT2D eigenvalue weighted by Crippen LogP contribution is -2.31. The maximum Gasteiger partial charge on any atom is 0.275 e. The van der Waals surface area contributed by atoms with Gasteiger partial charge in [0.2, 0.25) is 0 Å². The molecule has 0 spiro atoms. The molecule has 10 heteroatoms. The van der Waals surface area contributed by atoms with Crippen molar-refractivity contribution >= 4 is 39.1 Å². The zero-order valence-electron chi connectivity index (χ0n) is 19.2. The topological polar surface area (TPSA) is 91.7 Å². The second-order valence-electron chi connectivity index (χ2n) is 7.42. The minimum Gasteiger partial charge on any atom is -0.493 e. The summed E-state index contributed by atoms with van der Waals surface area (Å²) in [6.45, 7) is 3.17. The smallest absolute Gasteiger partial charge is 0.275 e. The molecule has 0 fully saturated rings. The van der Waals surface area contributed by atoms with Gasteiger partial charge in [-0.3, -0.25) is 14.2 Å². The molecular formula is C25H24ClN3O5S. The normalized spacial score (nSPS) is 10.9. The van der Waals surface area contributed by atoms with Gasteiger partial charge in [0.25, 0.3) is 11.5 Å². The molecular weight excluding hydrogens is 490 g/mol. The molecule has 0 aliphatic rings. The highest BCUT2D eigenvalue weighted by Gasteiger charge is 2.14. The lowest BCUT2D eigenvalue weighted by atomic mass is 10.2. The van der Waals surface area contributed by atoms with Crippen LogP contribution in [0.15, 0.2) is 59.7 Å². The lowest BCUT2D eigenvalue weighted by molar-refractivity contribution is -0.123. The van der Waals surface area contributed by atoms with E-state index in [2.05, 4.69) is 10.3 Å². The van der Waals surface area contributed by atoms with Crippen LogP contribution in [0.3, 0.4) is 0 Å². The maximum absolute atomic E-state index is 13.3. The highest BCUT2D eigenvalue weighted by molar-refractivity contribution is 7.22. The fourth-order valence-corrected chi connectivity index (χ4v) is 4.55. The van der Waals surface area contributed by atoms with E-state index in [9.17, 15) is 9.59 Å². The number of carbonyl (C=O) groups is 1. The lowest BCUT2D eigenvalue weighted by Gasteiger charge is -2.13. The molecule has 2 heterocycles. The zero-order chi connectivity index (χ0) is 24.8. The summed E-state index contributed by atoms with van der Waals surface area (Å²) in [5, 5.41) is 3.37. The van der Waals surface area contributed by atoms with Crippen LogP contribution < -0.4 is 20.3 Å². The molecule has 0 saturated heterocycles. The Labute approximate surface area is 211 Å². The van der Waals surface area contributed by atoms with E-state index in [1.165, 1.54) is 29.3 Å². The van der Waals surface area contributed by atoms with Crippen molar-refractivity contribution in [1.82, 2.24) is 14.9 Å². The first-order valence-electron chi connectivity index (χ1n) is 10.9. The fourth-order valence-electron chi connectivity index (χ4n) is 3.38. The summed E-state index contributed by atoms with van der Waals surface area (Å²) in [6.07, 6.45) is 1.49. The van der Waals surface area contributed by atoms with Crippen molar-refractivity contribution in [2.45, 2.75) is 6.92 Å². The van der Waals surface area contributed by atoms with E-state index in [-0.39, 0.29) is 18.1 Å². The van der Waals surface area contributed by atoms with E-state index in [1.807, 2.05) is 37.3 Å². The van der Waals surface area contributed by atoms with E-state index in [1.54, 1.807) is 18.2 Å². The van der Waals surface area contributed by atoms with Gasteiger partial charge in [-0.1, -0.05) is 23.7 Å². The number of nitrogens with zero attached hydrogens (tertiary/aromatic N) is 2. The first kappa shape index (κ1) is 24.7. The number of benzene rings is 2. The number of aromatic nitrogens is 2. The van der Waals surface area contributed by atoms with E-state index in [0.717, 1.165) is 10.4 Å². The van der Waals surface area contributed by atoms with Gasteiger partial charge in [0.05, 0.1) is 24.9 Å². The van der Waals surface area contributed by atoms with E-state index >= 15 is 0 Å².